The lowest BCUT2D eigenvalue weighted by molar-refractivity contribution is -0.237. The second-order valence-corrected chi connectivity index (χ2v) is 7.69. The molecule has 2 unspecified atom stereocenters. The zero-order valence-electron chi connectivity index (χ0n) is 13.3. The zero-order chi connectivity index (χ0) is 17.0. The maximum absolute atomic E-state index is 12.7. The van der Waals surface area contributed by atoms with Crippen molar-refractivity contribution in [3.8, 4) is 0 Å². The van der Waals surface area contributed by atoms with Gasteiger partial charge in [0.2, 0.25) is 0 Å². The van der Waals surface area contributed by atoms with E-state index in [0.29, 0.717) is 25.7 Å². The van der Waals surface area contributed by atoms with Crippen LogP contribution in [0.5, 0.6) is 0 Å². The Balaban J connectivity index is 1.61. The fourth-order valence-electron chi connectivity index (χ4n) is 4.84. The SMILES string of the molecule is CC(F)(F)C(=O)OCC(=O)OC1(C)C2CC3CC1CC(O)(C3)C2. The summed E-state index contributed by atoms with van der Waals surface area (Å²) in [4.78, 5) is 23.0. The molecule has 0 aromatic heterocycles. The molecule has 23 heavy (non-hydrogen) atoms. The molecule has 0 saturated heterocycles. The number of alkyl halides is 2. The standard InChI is InChI=1S/C16H22F2O5/c1-14(23-12(19)8-22-13(20)15(2,17)18)10-3-9-4-11(14)7-16(21,5-9)6-10/h9-11,21H,3-8H2,1-2H3. The van der Waals surface area contributed by atoms with E-state index in [0.717, 1.165) is 19.3 Å². The lowest BCUT2D eigenvalue weighted by Crippen LogP contribution is -2.63. The number of rotatable bonds is 4. The van der Waals surface area contributed by atoms with Crippen LogP contribution < -0.4 is 0 Å². The Morgan fingerprint density at radius 1 is 1.22 bits per heavy atom. The molecule has 0 radical (unpaired) electrons. The van der Waals surface area contributed by atoms with Crippen molar-refractivity contribution in [3.05, 3.63) is 0 Å². The molecular formula is C16H22F2O5. The highest BCUT2D eigenvalue weighted by Crippen LogP contribution is 2.60. The number of hydrogen-bond acceptors (Lipinski definition) is 5. The Hall–Kier alpha value is -1.24. The Morgan fingerprint density at radius 3 is 2.26 bits per heavy atom. The molecule has 2 atom stereocenters. The second-order valence-electron chi connectivity index (χ2n) is 7.69. The summed E-state index contributed by atoms with van der Waals surface area (Å²) in [5.74, 6) is -5.60. The van der Waals surface area contributed by atoms with E-state index in [1.807, 2.05) is 6.92 Å². The average molecular weight is 332 g/mol. The van der Waals surface area contributed by atoms with Crippen LogP contribution in [0.3, 0.4) is 0 Å². The molecule has 4 bridgehead atoms. The van der Waals surface area contributed by atoms with Crippen LogP contribution in [0.2, 0.25) is 0 Å². The van der Waals surface area contributed by atoms with Gasteiger partial charge < -0.3 is 14.6 Å². The van der Waals surface area contributed by atoms with E-state index in [1.165, 1.54) is 0 Å². The van der Waals surface area contributed by atoms with Gasteiger partial charge in [-0.2, -0.15) is 8.78 Å². The van der Waals surface area contributed by atoms with Crippen LogP contribution in [0.15, 0.2) is 0 Å². The van der Waals surface area contributed by atoms with E-state index in [2.05, 4.69) is 4.74 Å². The van der Waals surface area contributed by atoms with Crippen molar-refractivity contribution in [2.24, 2.45) is 17.8 Å². The third kappa shape index (κ3) is 2.95. The van der Waals surface area contributed by atoms with Gasteiger partial charge in [0.15, 0.2) is 6.61 Å². The highest BCUT2D eigenvalue weighted by molar-refractivity contribution is 5.80. The minimum atomic E-state index is -3.63. The maximum Gasteiger partial charge on any atom is 0.377 e. The molecule has 7 heteroatoms. The van der Waals surface area contributed by atoms with Gasteiger partial charge in [0.05, 0.1) is 5.60 Å². The van der Waals surface area contributed by atoms with Crippen LogP contribution in [0.1, 0.15) is 46.0 Å². The summed E-state index contributed by atoms with van der Waals surface area (Å²) in [6.07, 6.45) is 3.80. The van der Waals surface area contributed by atoms with E-state index in [-0.39, 0.29) is 11.8 Å². The highest BCUT2D eigenvalue weighted by Gasteiger charge is 2.61. The maximum atomic E-state index is 12.7. The number of carbonyl (C=O) groups excluding carboxylic acids is 2. The molecule has 4 rings (SSSR count). The Bertz CT molecular complexity index is 511. The molecule has 130 valence electrons. The van der Waals surface area contributed by atoms with Gasteiger partial charge in [0, 0.05) is 18.8 Å². The van der Waals surface area contributed by atoms with E-state index in [1.54, 1.807) is 0 Å². The molecule has 1 N–H and O–H groups in total. The topological polar surface area (TPSA) is 72.8 Å². The number of halogens is 2. The first-order chi connectivity index (χ1) is 10.5. The Morgan fingerprint density at radius 2 is 1.78 bits per heavy atom. The smallest absolute Gasteiger partial charge is 0.377 e. The van der Waals surface area contributed by atoms with E-state index >= 15 is 0 Å². The normalized spacial score (nSPS) is 41.7. The predicted molar refractivity (Wildman–Crippen MR) is 74.6 cm³/mol. The fraction of sp³-hybridized carbons (Fsp3) is 0.875. The van der Waals surface area contributed by atoms with Crippen molar-refractivity contribution in [2.45, 2.75) is 63.1 Å². The van der Waals surface area contributed by atoms with Crippen molar-refractivity contribution in [1.82, 2.24) is 0 Å². The summed E-state index contributed by atoms with van der Waals surface area (Å²) in [7, 11) is 0. The lowest BCUT2D eigenvalue weighted by atomic mass is 9.48. The van der Waals surface area contributed by atoms with Crippen molar-refractivity contribution in [2.75, 3.05) is 6.61 Å². The first kappa shape index (κ1) is 16.6. The lowest BCUT2D eigenvalue weighted by Gasteiger charge is -2.61. The largest absolute Gasteiger partial charge is 0.456 e. The molecule has 0 aliphatic heterocycles. The van der Waals surface area contributed by atoms with Crippen molar-refractivity contribution >= 4 is 11.9 Å². The third-order valence-electron chi connectivity index (χ3n) is 5.79. The zero-order valence-corrected chi connectivity index (χ0v) is 13.3. The molecule has 4 saturated carbocycles. The monoisotopic (exact) mass is 332 g/mol. The van der Waals surface area contributed by atoms with E-state index < -0.39 is 35.7 Å². The molecular weight excluding hydrogens is 310 g/mol. The summed E-state index contributed by atoms with van der Waals surface area (Å²) in [5, 5.41) is 10.5. The van der Waals surface area contributed by atoms with E-state index in [9.17, 15) is 23.5 Å². The van der Waals surface area contributed by atoms with Crippen LogP contribution in [-0.2, 0) is 19.1 Å². The van der Waals surface area contributed by atoms with Crippen LogP contribution >= 0.6 is 0 Å². The van der Waals surface area contributed by atoms with Gasteiger partial charge in [0.25, 0.3) is 0 Å². The quantitative estimate of drug-likeness (QED) is 0.798. The van der Waals surface area contributed by atoms with Crippen LogP contribution in [0.4, 0.5) is 8.78 Å². The van der Waals surface area contributed by atoms with Gasteiger partial charge >= 0.3 is 17.9 Å². The minimum absolute atomic E-state index is 0.0611. The summed E-state index contributed by atoms with van der Waals surface area (Å²) in [6.45, 7) is 1.45. The average Bonchev–Trinajstić information content (AvgIpc) is 2.39. The molecule has 0 heterocycles. The van der Waals surface area contributed by atoms with Gasteiger partial charge in [-0.1, -0.05) is 0 Å². The third-order valence-corrected chi connectivity index (χ3v) is 5.79. The number of esters is 2. The Kier molecular flexibility index (Phi) is 3.70. The predicted octanol–water partition coefficient (Wildman–Crippen LogP) is 2.06. The highest BCUT2D eigenvalue weighted by atomic mass is 19.3. The van der Waals surface area contributed by atoms with E-state index in [4.69, 9.17) is 4.74 Å². The van der Waals surface area contributed by atoms with Crippen LogP contribution in [0.25, 0.3) is 0 Å². The molecule has 5 nitrogen and oxygen atoms in total. The van der Waals surface area contributed by atoms with Crippen LogP contribution in [-0.4, -0.2) is 40.8 Å². The van der Waals surface area contributed by atoms with Gasteiger partial charge in [-0.25, -0.2) is 9.59 Å². The minimum Gasteiger partial charge on any atom is -0.456 e. The summed E-state index contributed by atoms with van der Waals surface area (Å²) in [6, 6.07) is 0. The molecule has 0 amide bonds. The molecule has 4 aliphatic rings. The van der Waals surface area contributed by atoms with Crippen LogP contribution in [0, 0.1) is 17.8 Å². The van der Waals surface area contributed by atoms with Gasteiger partial charge in [-0.3, -0.25) is 0 Å². The first-order valence-electron chi connectivity index (χ1n) is 8.01. The summed E-state index contributed by atoms with van der Waals surface area (Å²) < 4.78 is 35.3. The Labute approximate surface area is 133 Å². The molecule has 0 spiro atoms. The fourth-order valence-corrected chi connectivity index (χ4v) is 4.84. The second kappa shape index (κ2) is 5.13. The number of carbonyl (C=O) groups is 2. The molecule has 0 aromatic carbocycles. The van der Waals surface area contributed by atoms with Gasteiger partial charge in [-0.05, 0) is 44.9 Å². The van der Waals surface area contributed by atoms with Crippen molar-refractivity contribution < 1.29 is 33.0 Å². The van der Waals surface area contributed by atoms with Crippen molar-refractivity contribution in [3.63, 3.8) is 0 Å². The molecule has 0 aromatic rings. The summed E-state index contributed by atoms with van der Waals surface area (Å²) >= 11 is 0. The summed E-state index contributed by atoms with van der Waals surface area (Å²) in [5.41, 5.74) is -1.37. The first-order valence-corrected chi connectivity index (χ1v) is 8.01. The molecule has 4 aliphatic carbocycles. The number of hydrogen-bond donors (Lipinski definition) is 1. The van der Waals surface area contributed by atoms with Crippen molar-refractivity contribution in [1.29, 1.82) is 0 Å². The number of ether oxygens (including phenoxy) is 2. The van der Waals surface area contributed by atoms with Gasteiger partial charge in [-0.15, -0.1) is 0 Å². The molecule has 4 fully saturated rings. The number of aliphatic hydroxyl groups is 1. The van der Waals surface area contributed by atoms with Gasteiger partial charge in [0.1, 0.15) is 5.60 Å².